The largest absolute Gasteiger partial charge is 0.353 e. The zero-order valence-electron chi connectivity index (χ0n) is 11.9. The van der Waals surface area contributed by atoms with Crippen molar-refractivity contribution in [2.75, 3.05) is 0 Å². The predicted molar refractivity (Wildman–Crippen MR) is 80.1 cm³/mol. The molecule has 20 heavy (non-hydrogen) atoms. The summed E-state index contributed by atoms with van der Waals surface area (Å²) >= 11 is 0. The van der Waals surface area contributed by atoms with E-state index in [-0.39, 0.29) is 11.9 Å². The monoisotopic (exact) mass is 272 g/mol. The summed E-state index contributed by atoms with van der Waals surface area (Å²) in [6.07, 6.45) is 6.20. The second kappa shape index (κ2) is 5.96. The maximum atomic E-state index is 12.0. The summed E-state index contributed by atoms with van der Waals surface area (Å²) in [6.45, 7) is 0. The zero-order valence-corrected chi connectivity index (χ0v) is 11.9. The molecule has 2 saturated carbocycles. The Morgan fingerprint density at radius 3 is 2.70 bits per heavy atom. The van der Waals surface area contributed by atoms with Crippen LogP contribution >= 0.6 is 0 Å². The summed E-state index contributed by atoms with van der Waals surface area (Å²) in [5, 5.41) is 3.18. The topological polar surface area (TPSA) is 55.1 Å². The average Bonchev–Trinajstić information content (AvgIpc) is 3.02. The van der Waals surface area contributed by atoms with Crippen molar-refractivity contribution in [3.8, 4) is 0 Å². The first-order valence-electron chi connectivity index (χ1n) is 7.81. The summed E-state index contributed by atoms with van der Waals surface area (Å²) in [5.41, 5.74) is 7.39. The highest BCUT2D eigenvalue weighted by Crippen LogP contribution is 2.34. The average molecular weight is 272 g/mol. The molecule has 2 fully saturated rings. The van der Waals surface area contributed by atoms with Gasteiger partial charge in [0, 0.05) is 18.5 Å². The molecule has 0 aliphatic heterocycles. The van der Waals surface area contributed by atoms with Crippen LogP contribution in [0.3, 0.4) is 0 Å². The fourth-order valence-electron chi connectivity index (χ4n) is 3.39. The van der Waals surface area contributed by atoms with Crippen molar-refractivity contribution in [3.05, 3.63) is 35.9 Å². The van der Waals surface area contributed by atoms with Crippen LogP contribution in [0.4, 0.5) is 0 Å². The number of amides is 1. The molecule has 2 aliphatic rings. The van der Waals surface area contributed by atoms with Crippen molar-refractivity contribution in [2.45, 2.75) is 50.6 Å². The van der Waals surface area contributed by atoms with E-state index in [1.165, 1.54) is 12.0 Å². The standard InChI is InChI=1S/C17H24N2O/c18-15-8-4-7-13(15)11-17(20)19-16-10-14(16)9-12-5-2-1-3-6-12/h1-3,5-6,13-16H,4,7-11,18H2,(H,19,20)/t13-,14?,15+,16?/m0/s1. The lowest BCUT2D eigenvalue weighted by Gasteiger charge is -2.14. The first kappa shape index (κ1) is 13.6. The third kappa shape index (κ3) is 3.40. The molecule has 0 bridgehead atoms. The SMILES string of the molecule is N[C@@H]1CCC[C@H]1CC(=O)NC1CC1Cc1ccccc1. The maximum absolute atomic E-state index is 12.0. The van der Waals surface area contributed by atoms with E-state index in [1.807, 2.05) is 6.07 Å². The lowest BCUT2D eigenvalue weighted by Crippen LogP contribution is -2.33. The van der Waals surface area contributed by atoms with Gasteiger partial charge < -0.3 is 11.1 Å². The van der Waals surface area contributed by atoms with Gasteiger partial charge in [0.2, 0.25) is 5.91 Å². The van der Waals surface area contributed by atoms with Gasteiger partial charge in [0.05, 0.1) is 0 Å². The van der Waals surface area contributed by atoms with Gasteiger partial charge >= 0.3 is 0 Å². The molecule has 1 amide bonds. The van der Waals surface area contributed by atoms with Crippen molar-refractivity contribution >= 4 is 5.91 Å². The minimum absolute atomic E-state index is 0.202. The molecule has 0 aromatic heterocycles. The van der Waals surface area contributed by atoms with Crippen LogP contribution in [-0.2, 0) is 11.2 Å². The number of hydrogen-bond donors (Lipinski definition) is 2. The summed E-state index contributed by atoms with van der Waals surface area (Å²) in [4.78, 5) is 12.0. The minimum atomic E-state index is 0.202. The Hall–Kier alpha value is -1.35. The number of carbonyl (C=O) groups excluding carboxylic acids is 1. The Bertz CT molecular complexity index is 459. The fourth-order valence-corrected chi connectivity index (χ4v) is 3.39. The van der Waals surface area contributed by atoms with Gasteiger partial charge in [-0.25, -0.2) is 0 Å². The Morgan fingerprint density at radius 2 is 2.00 bits per heavy atom. The van der Waals surface area contributed by atoms with E-state index in [2.05, 4.69) is 29.6 Å². The van der Waals surface area contributed by atoms with Crippen molar-refractivity contribution < 1.29 is 4.79 Å². The van der Waals surface area contributed by atoms with Crippen LogP contribution in [0.2, 0.25) is 0 Å². The van der Waals surface area contributed by atoms with Gasteiger partial charge in [-0.15, -0.1) is 0 Å². The van der Waals surface area contributed by atoms with Crippen molar-refractivity contribution in [1.82, 2.24) is 5.32 Å². The molecule has 2 unspecified atom stereocenters. The van der Waals surface area contributed by atoms with Crippen LogP contribution < -0.4 is 11.1 Å². The van der Waals surface area contributed by atoms with E-state index in [9.17, 15) is 4.79 Å². The zero-order chi connectivity index (χ0) is 13.9. The molecule has 0 radical (unpaired) electrons. The first-order valence-corrected chi connectivity index (χ1v) is 7.81. The fraction of sp³-hybridized carbons (Fsp3) is 0.588. The molecule has 0 spiro atoms. The van der Waals surface area contributed by atoms with Crippen molar-refractivity contribution in [3.63, 3.8) is 0 Å². The highest BCUT2D eigenvalue weighted by Gasteiger charge is 2.38. The van der Waals surface area contributed by atoms with Crippen LogP contribution in [0.15, 0.2) is 30.3 Å². The summed E-state index contributed by atoms with van der Waals surface area (Å²) in [5.74, 6) is 1.23. The van der Waals surface area contributed by atoms with Gasteiger partial charge in [0.25, 0.3) is 0 Å². The smallest absolute Gasteiger partial charge is 0.220 e. The van der Waals surface area contributed by atoms with E-state index in [0.29, 0.717) is 24.3 Å². The van der Waals surface area contributed by atoms with Crippen molar-refractivity contribution in [2.24, 2.45) is 17.6 Å². The highest BCUT2D eigenvalue weighted by atomic mass is 16.1. The van der Waals surface area contributed by atoms with Gasteiger partial charge in [-0.2, -0.15) is 0 Å². The van der Waals surface area contributed by atoms with Crippen LogP contribution in [-0.4, -0.2) is 18.0 Å². The number of benzene rings is 1. The van der Waals surface area contributed by atoms with Crippen LogP contribution in [0.5, 0.6) is 0 Å². The maximum Gasteiger partial charge on any atom is 0.220 e. The van der Waals surface area contributed by atoms with E-state index < -0.39 is 0 Å². The van der Waals surface area contributed by atoms with Crippen molar-refractivity contribution in [1.29, 1.82) is 0 Å². The second-order valence-corrected chi connectivity index (χ2v) is 6.42. The van der Waals surface area contributed by atoms with E-state index in [1.54, 1.807) is 0 Å². The highest BCUT2D eigenvalue weighted by molar-refractivity contribution is 5.77. The molecule has 0 saturated heterocycles. The van der Waals surface area contributed by atoms with Gasteiger partial charge in [0.1, 0.15) is 0 Å². The molecule has 3 N–H and O–H groups in total. The number of carbonyl (C=O) groups is 1. The number of nitrogens with one attached hydrogen (secondary N) is 1. The Labute approximate surface area is 120 Å². The molecule has 1 aromatic rings. The molecule has 3 nitrogen and oxygen atoms in total. The van der Waals surface area contributed by atoms with Crippen LogP contribution in [0.1, 0.15) is 37.7 Å². The normalized spacial score (nSPS) is 32.0. The number of rotatable bonds is 5. The molecular weight excluding hydrogens is 248 g/mol. The van der Waals surface area contributed by atoms with Crippen LogP contribution in [0, 0.1) is 11.8 Å². The van der Waals surface area contributed by atoms with Crippen LogP contribution in [0.25, 0.3) is 0 Å². The van der Waals surface area contributed by atoms with Gasteiger partial charge in [0.15, 0.2) is 0 Å². The molecule has 1 aromatic carbocycles. The molecular formula is C17H24N2O. The molecule has 3 rings (SSSR count). The Kier molecular flexibility index (Phi) is 4.06. The predicted octanol–water partition coefficient (Wildman–Crippen LogP) is 2.25. The third-order valence-electron chi connectivity index (χ3n) is 4.78. The lowest BCUT2D eigenvalue weighted by molar-refractivity contribution is -0.122. The first-order chi connectivity index (χ1) is 9.72. The Balaban J connectivity index is 1.40. The molecule has 0 heterocycles. The number of nitrogens with two attached hydrogens (primary N) is 1. The van der Waals surface area contributed by atoms with E-state index in [4.69, 9.17) is 5.73 Å². The molecule has 3 heteroatoms. The molecule has 4 atom stereocenters. The quantitative estimate of drug-likeness (QED) is 0.864. The Morgan fingerprint density at radius 1 is 1.20 bits per heavy atom. The summed E-state index contributed by atoms with van der Waals surface area (Å²) < 4.78 is 0. The molecule has 2 aliphatic carbocycles. The van der Waals surface area contributed by atoms with Gasteiger partial charge in [-0.3, -0.25) is 4.79 Å². The third-order valence-corrected chi connectivity index (χ3v) is 4.78. The second-order valence-electron chi connectivity index (χ2n) is 6.42. The van der Waals surface area contributed by atoms with Gasteiger partial charge in [-0.1, -0.05) is 36.8 Å². The lowest BCUT2D eigenvalue weighted by atomic mass is 10.00. The van der Waals surface area contributed by atoms with E-state index >= 15 is 0 Å². The number of hydrogen-bond acceptors (Lipinski definition) is 2. The molecule has 108 valence electrons. The minimum Gasteiger partial charge on any atom is -0.353 e. The summed E-state index contributed by atoms with van der Waals surface area (Å²) in [7, 11) is 0. The van der Waals surface area contributed by atoms with E-state index in [0.717, 1.165) is 25.7 Å². The van der Waals surface area contributed by atoms with Gasteiger partial charge in [-0.05, 0) is 43.1 Å². The summed E-state index contributed by atoms with van der Waals surface area (Å²) in [6, 6.07) is 11.1.